The van der Waals surface area contributed by atoms with Gasteiger partial charge in [-0.2, -0.15) is 0 Å². The lowest BCUT2D eigenvalue weighted by Crippen LogP contribution is -2.29. The normalized spacial score (nSPS) is 15.6. The molecular formula is C24H26N2O5. The number of nitrogens with zero attached hydrogens (tertiary/aromatic N) is 2. The van der Waals surface area contributed by atoms with Crippen LogP contribution in [0.2, 0.25) is 0 Å². The van der Waals surface area contributed by atoms with Crippen molar-refractivity contribution in [1.29, 1.82) is 0 Å². The molecule has 0 spiro atoms. The summed E-state index contributed by atoms with van der Waals surface area (Å²) in [6.45, 7) is 2.39. The first-order chi connectivity index (χ1) is 15.0. The lowest BCUT2D eigenvalue weighted by Gasteiger charge is -2.26. The maximum atomic E-state index is 12.6. The molecule has 31 heavy (non-hydrogen) atoms. The van der Waals surface area contributed by atoms with Crippen LogP contribution in [0, 0.1) is 0 Å². The number of aromatic nitrogens is 1. The minimum absolute atomic E-state index is 0.0636. The molecule has 0 bridgehead atoms. The van der Waals surface area contributed by atoms with E-state index in [-0.39, 0.29) is 12.2 Å². The Bertz CT molecular complexity index is 1130. The molecule has 7 nitrogen and oxygen atoms in total. The standard InChI is InChI=1S/C24H26N2O5/c1-30-22(28)14-19(16-7-8-20-17(12-16)6-5-9-25-20)24-23(29)21(27)13-18(31-24)15-26-10-3-2-4-11-26/h5-9,12-13,19,29H,2-4,10-11,14-15H2,1H3/t19-/m1/s1. The number of hydrogen-bond acceptors (Lipinski definition) is 7. The van der Waals surface area contributed by atoms with Crippen molar-refractivity contribution in [2.45, 2.75) is 38.1 Å². The summed E-state index contributed by atoms with van der Waals surface area (Å²) >= 11 is 0. The van der Waals surface area contributed by atoms with Crippen LogP contribution in [0.3, 0.4) is 0 Å². The van der Waals surface area contributed by atoms with Gasteiger partial charge in [0.25, 0.3) is 0 Å². The summed E-state index contributed by atoms with van der Waals surface area (Å²) in [5.41, 5.74) is 1.04. The summed E-state index contributed by atoms with van der Waals surface area (Å²) < 4.78 is 10.9. The van der Waals surface area contributed by atoms with Gasteiger partial charge in [0.2, 0.25) is 11.2 Å². The molecule has 0 amide bonds. The maximum Gasteiger partial charge on any atom is 0.306 e. The molecule has 4 rings (SSSR count). The number of aromatic hydroxyl groups is 1. The van der Waals surface area contributed by atoms with Gasteiger partial charge in [-0.15, -0.1) is 0 Å². The zero-order valence-corrected chi connectivity index (χ0v) is 17.5. The van der Waals surface area contributed by atoms with Gasteiger partial charge in [-0.1, -0.05) is 18.6 Å². The van der Waals surface area contributed by atoms with E-state index in [2.05, 4.69) is 9.88 Å². The fraction of sp³-hybridized carbons (Fsp3) is 0.375. The lowest BCUT2D eigenvalue weighted by atomic mass is 9.91. The molecule has 0 radical (unpaired) electrons. The van der Waals surface area contributed by atoms with E-state index in [1.807, 2.05) is 30.3 Å². The quantitative estimate of drug-likeness (QED) is 0.607. The van der Waals surface area contributed by atoms with Crippen LogP contribution in [0.4, 0.5) is 0 Å². The van der Waals surface area contributed by atoms with Crippen LogP contribution in [-0.4, -0.2) is 41.2 Å². The molecule has 1 N–H and O–H groups in total. The highest BCUT2D eigenvalue weighted by molar-refractivity contribution is 5.80. The van der Waals surface area contributed by atoms with Crippen molar-refractivity contribution < 1.29 is 19.1 Å². The molecule has 1 aliphatic heterocycles. The van der Waals surface area contributed by atoms with E-state index < -0.39 is 23.1 Å². The third-order valence-electron chi connectivity index (χ3n) is 5.77. The van der Waals surface area contributed by atoms with Crippen molar-refractivity contribution in [3.05, 3.63) is 69.9 Å². The van der Waals surface area contributed by atoms with Gasteiger partial charge < -0.3 is 14.3 Å². The van der Waals surface area contributed by atoms with E-state index >= 15 is 0 Å². The Morgan fingerprint density at radius 1 is 1.23 bits per heavy atom. The third-order valence-corrected chi connectivity index (χ3v) is 5.77. The van der Waals surface area contributed by atoms with Gasteiger partial charge in [-0.05, 0) is 49.7 Å². The van der Waals surface area contributed by atoms with Crippen LogP contribution in [0.1, 0.15) is 48.7 Å². The third kappa shape index (κ3) is 4.77. The predicted molar refractivity (Wildman–Crippen MR) is 116 cm³/mol. The highest BCUT2D eigenvalue weighted by atomic mass is 16.5. The molecule has 1 fully saturated rings. The number of pyridine rings is 1. The van der Waals surface area contributed by atoms with E-state index in [9.17, 15) is 14.7 Å². The number of methoxy groups -OCH3 is 1. The Balaban J connectivity index is 1.76. The average Bonchev–Trinajstić information content (AvgIpc) is 2.80. The maximum absolute atomic E-state index is 12.6. The molecule has 0 aliphatic carbocycles. The monoisotopic (exact) mass is 422 g/mol. The summed E-state index contributed by atoms with van der Waals surface area (Å²) in [7, 11) is 1.31. The van der Waals surface area contributed by atoms with Crippen LogP contribution >= 0.6 is 0 Å². The number of hydrogen-bond donors (Lipinski definition) is 1. The van der Waals surface area contributed by atoms with Crippen molar-refractivity contribution >= 4 is 16.9 Å². The molecule has 1 aromatic carbocycles. The smallest absolute Gasteiger partial charge is 0.306 e. The highest BCUT2D eigenvalue weighted by Crippen LogP contribution is 2.34. The first-order valence-corrected chi connectivity index (χ1v) is 10.5. The molecule has 3 heterocycles. The minimum Gasteiger partial charge on any atom is -0.502 e. The number of fused-ring (bicyclic) bond motifs is 1. The summed E-state index contributed by atoms with van der Waals surface area (Å²) in [6.07, 6.45) is 5.09. The number of rotatable bonds is 6. The SMILES string of the molecule is COC(=O)C[C@H](c1ccc2ncccc2c1)c1oc(CN2CCCCC2)cc(=O)c1O. The molecule has 162 valence electrons. The van der Waals surface area contributed by atoms with Gasteiger partial charge in [-0.25, -0.2) is 0 Å². The second-order valence-electron chi connectivity index (χ2n) is 7.92. The molecular weight excluding hydrogens is 396 g/mol. The zero-order valence-electron chi connectivity index (χ0n) is 17.5. The van der Waals surface area contributed by atoms with Crippen LogP contribution in [-0.2, 0) is 16.1 Å². The second kappa shape index (κ2) is 9.31. The number of benzene rings is 1. The molecule has 1 aliphatic rings. The number of carbonyl (C=O) groups is 1. The zero-order chi connectivity index (χ0) is 21.8. The van der Waals surface area contributed by atoms with Crippen molar-refractivity contribution in [2.75, 3.05) is 20.2 Å². The van der Waals surface area contributed by atoms with E-state index in [0.29, 0.717) is 12.3 Å². The Hall–Kier alpha value is -3.19. The number of ether oxygens (including phenoxy) is 1. The second-order valence-corrected chi connectivity index (χ2v) is 7.92. The fourth-order valence-corrected chi connectivity index (χ4v) is 4.13. The molecule has 0 saturated carbocycles. The van der Waals surface area contributed by atoms with E-state index in [0.717, 1.165) is 42.4 Å². The highest BCUT2D eigenvalue weighted by Gasteiger charge is 2.27. The summed E-state index contributed by atoms with van der Waals surface area (Å²) in [6, 6.07) is 10.7. The first-order valence-electron chi connectivity index (χ1n) is 10.5. The van der Waals surface area contributed by atoms with Gasteiger partial charge >= 0.3 is 5.97 Å². The van der Waals surface area contributed by atoms with Gasteiger partial charge in [0, 0.05) is 17.6 Å². The predicted octanol–water partition coefficient (Wildman–Crippen LogP) is 3.57. The lowest BCUT2D eigenvalue weighted by molar-refractivity contribution is -0.140. The van der Waals surface area contributed by atoms with Crippen LogP contribution < -0.4 is 5.43 Å². The van der Waals surface area contributed by atoms with Gasteiger partial charge in [0.05, 0.1) is 31.5 Å². The number of likely N-dealkylation sites (tertiary alicyclic amines) is 1. The number of carbonyl (C=O) groups excluding carboxylic acids is 1. The van der Waals surface area contributed by atoms with Crippen LogP contribution in [0.15, 0.2) is 51.8 Å². The van der Waals surface area contributed by atoms with Gasteiger partial charge in [-0.3, -0.25) is 19.5 Å². The molecule has 3 aromatic rings. The fourth-order valence-electron chi connectivity index (χ4n) is 4.13. The Morgan fingerprint density at radius 3 is 2.81 bits per heavy atom. The summed E-state index contributed by atoms with van der Waals surface area (Å²) in [4.78, 5) is 31.3. The van der Waals surface area contributed by atoms with E-state index in [4.69, 9.17) is 9.15 Å². The number of piperidine rings is 1. The Morgan fingerprint density at radius 2 is 2.03 bits per heavy atom. The van der Waals surface area contributed by atoms with Crippen LogP contribution in [0.25, 0.3) is 10.9 Å². The molecule has 0 unspecified atom stereocenters. The van der Waals surface area contributed by atoms with Crippen LogP contribution in [0.5, 0.6) is 5.75 Å². The molecule has 2 aromatic heterocycles. The first kappa shape index (κ1) is 21.1. The number of esters is 1. The Labute approximate surface area is 180 Å². The largest absolute Gasteiger partial charge is 0.502 e. The van der Waals surface area contributed by atoms with E-state index in [1.54, 1.807) is 6.20 Å². The summed E-state index contributed by atoms with van der Waals surface area (Å²) in [5.74, 6) is -1.02. The van der Waals surface area contributed by atoms with Gasteiger partial charge in [0.15, 0.2) is 5.76 Å². The van der Waals surface area contributed by atoms with Crippen molar-refractivity contribution in [1.82, 2.24) is 9.88 Å². The van der Waals surface area contributed by atoms with Gasteiger partial charge in [0.1, 0.15) is 5.76 Å². The van der Waals surface area contributed by atoms with Crippen molar-refractivity contribution in [3.8, 4) is 5.75 Å². The Kier molecular flexibility index (Phi) is 6.32. The molecule has 1 atom stereocenters. The average molecular weight is 422 g/mol. The topological polar surface area (TPSA) is 92.9 Å². The van der Waals surface area contributed by atoms with Crippen molar-refractivity contribution in [3.63, 3.8) is 0 Å². The molecule has 7 heteroatoms. The summed E-state index contributed by atoms with van der Waals surface area (Å²) in [5, 5.41) is 11.5. The minimum atomic E-state index is -0.661. The molecule has 1 saturated heterocycles. The van der Waals surface area contributed by atoms with Crippen molar-refractivity contribution in [2.24, 2.45) is 0 Å². The van der Waals surface area contributed by atoms with E-state index in [1.165, 1.54) is 19.6 Å².